The summed E-state index contributed by atoms with van der Waals surface area (Å²) in [5, 5.41) is 33.2. The molecule has 0 atom stereocenters. The van der Waals surface area contributed by atoms with Crippen molar-refractivity contribution < 1.29 is 19.6 Å². The number of hydrogen-bond donors (Lipinski definition) is 3. The Morgan fingerprint density at radius 1 is 1.12 bits per heavy atom. The molecule has 4 aromatic rings. The summed E-state index contributed by atoms with van der Waals surface area (Å²) in [5.41, 5.74) is 0.261. The molecule has 0 aliphatic rings. The van der Waals surface area contributed by atoms with Crippen LogP contribution in [0.3, 0.4) is 0 Å². The van der Waals surface area contributed by atoms with E-state index in [2.05, 4.69) is 20.5 Å². The van der Waals surface area contributed by atoms with Crippen LogP contribution >= 0.6 is 11.3 Å². The van der Waals surface area contributed by atoms with Gasteiger partial charge < -0.3 is 15.4 Å². The Labute approximate surface area is 190 Å². The van der Waals surface area contributed by atoms with Crippen LogP contribution in [0, 0.1) is 10.1 Å². The first-order valence-corrected chi connectivity index (χ1v) is 10.4. The van der Waals surface area contributed by atoms with Gasteiger partial charge in [0, 0.05) is 28.0 Å². The third kappa shape index (κ3) is 4.83. The number of thiophene rings is 1. The van der Waals surface area contributed by atoms with Crippen LogP contribution in [0.25, 0.3) is 17.0 Å². The highest BCUT2D eigenvalue weighted by Crippen LogP contribution is 2.37. The molecule has 2 aromatic carbocycles. The van der Waals surface area contributed by atoms with Crippen LogP contribution in [-0.4, -0.2) is 26.8 Å². The van der Waals surface area contributed by atoms with E-state index in [1.165, 1.54) is 35.6 Å². The molecule has 2 amide bonds. The smallest absolute Gasteiger partial charge is 0.311 e. The van der Waals surface area contributed by atoms with E-state index in [0.717, 1.165) is 0 Å². The van der Waals surface area contributed by atoms with Gasteiger partial charge in [-0.05, 0) is 35.7 Å². The maximum absolute atomic E-state index is 12.8. The molecule has 164 valence electrons. The van der Waals surface area contributed by atoms with Gasteiger partial charge in [0.2, 0.25) is 5.88 Å². The maximum Gasteiger partial charge on any atom is 0.311 e. The second kappa shape index (κ2) is 9.24. The van der Waals surface area contributed by atoms with Gasteiger partial charge in [0.25, 0.3) is 11.6 Å². The van der Waals surface area contributed by atoms with E-state index in [4.69, 9.17) is 0 Å². The number of aromatic nitrogens is 1. The number of azo groups is 1. The number of H-pyrrole nitrogens is 1. The van der Waals surface area contributed by atoms with E-state index in [-0.39, 0.29) is 22.5 Å². The number of benzene rings is 2. The Kier molecular flexibility index (Phi) is 6.04. The van der Waals surface area contributed by atoms with Gasteiger partial charge in [0.05, 0.1) is 10.4 Å². The summed E-state index contributed by atoms with van der Waals surface area (Å²) in [7, 11) is 0. The molecule has 4 rings (SSSR count). The van der Waals surface area contributed by atoms with Crippen LogP contribution in [0.5, 0.6) is 5.88 Å². The topological polar surface area (TPSA) is 150 Å². The molecule has 33 heavy (non-hydrogen) atoms. The van der Waals surface area contributed by atoms with Crippen LogP contribution in [0.1, 0.15) is 15.2 Å². The van der Waals surface area contributed by atoms with Gasteiger partial charge in [-0.25, -0.2) is 0 Å². The molecule has 0 unspecified atom stereocenters. The second-order valence-corrected chi connectivity index (χ2v) is 7.69. The van der Waals surface area contributed by atoms with E-state index in [0.29, 0.717) is 16.0 Å². The average Bonchev–Trinajstić information content (AvgIpc) is 3.43. The Morgan fingerprint density at radius 2 is 1.91 bits per heavy atom. The fourth-order valence-electron chi connectivity index (χ4n) is 2.97. The minimum Gasteiger partial charge on any atom is -0.493 e. The van der Waals surface area contributed by atoms with Crippen molar-refractivity contribution >= 4 is 51.5 Å². The zero-order valence-electron chi connectivity index (χ0n) is 16.8. The molecule has 0 saturated carbocycles. The average molecular weight is 461 g/mol. The fourth-order valence-corrected chi connectivity index (χ4v) is 3.62. The number of aromatic hydroxyl groups is 1. The molecule has 2 aromatic heterocycles. The summed E-state index contributed by atoms with van der Waals surface area (Å²) in [6.07, 6.45) is 1.47. The van der Waals surface area contributed by atoms with Crippen molar-refractivity contribution in [1.29, 1.82) is 0 Å². The zero-order valence-corrected chi connectivity index (χ0v) is 17.6. The highest BCUT2D eigenvalue weighted by molar-refractivity contribution is 7.10. The lowest BCUT2D eigenvalue weighted by molar-refractivity contribution is -0.384. The zero-order chi connectivity index (χ0) is 23.4. The van der Waals surface area contributed by atoms with Gasteiger partial charge in [-0.2, -0.15) is 0 Å². The molecular formula is C22H15N5O5S. The lowest BCUT2D eigenvalue weighted by Crippen LogP contribution is -2.26. The number of nitro benzene ring substituents is 1. The molecule has 2 heterocycles. The molecule has 0 bridgehead atoms. The van der Waals surface area contributed by atoms with Crippen molar-refractivity contribution in [2.75, 3.05) is 0 Å². The van der Waals surface area contributed by atoms with Crippen LogP contribution < -0.4 is 5.32 Å². The quantitative estimate of drug-likeness (QED) is 0.161. The Morgan fingerprint density at radius 3 is 2.61 bits per heavy atom. The summed E-state index contributed by atoms with van der Waals surface area (Å²) in [6.45, 7) is 0. The maximum atomic E-state index is 12.8. The number of non-ortho nitro benzene ring substituents is 1. The minimum atomic E-state index is -0.869. The van der Waals surface area contributed by atoms with Crippen LogP contribution in [-0.2, 0) is 4.79 Å². The number of carbonyl (C=O) groups is 2. The van der Waals surface area contributed by atoms with E-state index in [9.17, 15) is 24.8 Å². The number of amides is 2. The predicted octanol–water partition coefficient (Wildman–Crippen LogP) is 4.92. The molecular weight excluding hydrogens is 446 g/mol. The van der Waals surface area contributed by atoms with Crippen LogP contribution in [0.15, 0.2) is 82.0 Å². The molecule has 11 heteroatoms. The van der Waals surface area contributed by atoms with Gasteiger partial charge in [-0.15, -0.1) is 21.6 Å². The summed E-state index contributed by atoms with van der Waals surface area (Å²) < 4.78 is 0. The van der Waals surface area contributed by atoms with E-state index in [1.807, 2.05) is 5.38 Å². The van der Waals surface area contributed by atoms with Crippen molar-refractivity contribution in [3.8, 4) is 5.88 Å². The standard InChI is InChI=1S/C22H15N5O5S/c28-20(13-5-2-1-3-6-13)24-18(12-15-7-4-10-33-15)21(29)26-25-19-16-11-14(27(31)32)8-9-17(16)23-22(19)30/h1-12,23,30H,(H,24,28)/b18-12-,26-25?. The molecule has 0 aliphatic heterocycles. The highest BCUT2D eigenvalue weighted by Gasteiger charge is 2.18. The predicted molar refractivity (Wildman–Crippen MR) is 122 cm³/mol. The van der Waals surface area contributed by atoms with E-state index >= 15 is 0 Å². The van der Waals surface area contributed by atoms with E-state index in [1.54, 1.807) is 42.5 Å². The van der Waals surface area contributed by atoms with Crippen molar-refractivity contribution in [2.45, 2.75) is 0 Å². The van der Waals surface area contributed by atoms with Gasteiger partial charge in [-0.3, -0.25) is 19.7 Å². The largest absolute Gasteiger partial charge is 0.493 e. The molecule has 3 N–H and O–H groups in total. The molecule has 0 spiro atoms. The third-order valence-electron chi connectivity index (χ3n) is 4.53. The second-order valence-electron chi connectivity index (χ2n) is 6.71. The molecule has 0 radical (unpaired) electrons. The van der Waals surface area contributed by atoms with Crippen LogP contribution in [0.2, 0.25) is 0 Å². The molecule has 10 nitrogen and oxygen atoms in total. The third-order valence-corrected chi connectivity index (χ3v) is 5.35. The summed E-state index contributed by atoms with van der Waals surface area (Å²) in [4.78, 5) is 39.2. The van der Waals surface area contributed by atoms with Crippen molar-refractivity contribution in [2.24, 2.45) is 10.2 Å². The summed E-state index contributed by atoms with van der Waals surface area (Å²) in [6, 6.07) is 15.8. The van der Waals surface area contributed by atoms with Crippen LogP contribution in [0.4, 0.5) is 11.4 Å². The molecule has 0 aliphatic carbocycles. The number of rotatable bonds is 6. The monoisotopic (exact) mass is 461 g/mol. The van der Waals surface area contributed by atoms with Crippen molar-refractivity contribution in [3.05, 3.63) is 92.3 Å². The molecule has 0 fully saturated rings. The SMILES string of the molecule is O=C(N=Nc1c(O)[nH]c2ccc([N+](=O)[O-])cc12)/C(=C/c1cccs1)NC(=O)c1ccccc1. The lowest BCUT2D eigenvalue weighted by atomic mass is 10.2. The number of nitrogens with zero attached hydrogens (tertiary/aromatic N) is 3. The Hall–Kier alpha value is -4.64. The van der Waals surface area contributed by atoms with Gasteiger partial charge in [0.15, 0.2) is 5.69 Å². The molecule has 0 saturated heterocycles. The lowest BCUT2D eigenvalue weighted by Gasteiger charge is -2.06. The summed E-state index contributed by atoms with van der Waals surface area (Å²) in [5.74, 6) is -1.78. The number of nitro groups is 1. The van der Waals surface area contributed by atoms with Crippen molar-refractivity contribution in [3.63, 3.8) is 0 Å². The van der Waals surface area contributed by atoms with Crippen molar-refractivity contribution in [1.82, 2.24) is 10.3 Å². The number of aromatic amines is 1. The van der Waals surface area contributed by atoms with Gasteiger partial charge >= 0.3 is 5.91 Å². The Bertz CT molecular complexity index is 1410. The first kappa shape index (κ1) is 21.6. The Balaban J connectivity index is 1.66. The first-order valence-electron chi connectivity index (χ1n) is 9.49. The van der Waals surface area contributed by atoms with Gasteiger partial charge in [0.1, 0.15) is 5.70 Å². The summed E-state index contributed by atoms with van der Waals surface area (Å²) >= 11 is 1.35. The number of carbonyl (C=O) groups excluding carboxylic acids is 2. The van der Waals surface area contributed by atoms with Gasteiger partial charge in [-0.1, -0.05) is 24.3 Å². The number of fused-ring (bicyclic) bond motifs is 1. The number of hydrogen-bond acceptors (Lipinski definition) is 7. The first-order chi connectivity index (χ1) is 15.9. The number of nitrogens with one attached hydrogen (secondary N) is 2. The highest BCUT2D eigenvalue weighted by atomic mass is 32.1. The normalized spacial score (nSPS) is 11.7. The minimum absolute atomic E-state index is 0.125. The van der Waals surface area contributed by atoms with E-state index < -0.39 is 22.6 Å². The fraction of sp³-hybridized carbons (Fsp3) is 0.